The van der Waals surface area contributed by atoms with Gasteiger partial charge in [-0.1, -0.05) is 18.2 Å². The number of benzene rings is 1. The van der Waals surface area contributed by atoms with E-state index < -0.39 is 0 Å². The van der Waals surface area contributed by atoms with Crippen LogP contribution < -0.4 is 10.2 Å². The summed E-state index contributed by atoms with van der Waals surface area (Å²) in [7, 11) is 0. The van der Waals surface area contributed by atoms with Crippen LogP contribution in [0.2, 0.25) is 0 Å². The molecule has 0 bridgehead atoms. The maximum atomic E-state index is 12.7. The molecular formula is C19H25N3O2. The van der Waals surface area contributed by atoms with Gasteiger partial charge in [0.1, 0.15) is 0 Å². The Morgan fingerprint density at radius 1 is 1.25 bits per heavy atom. The Labute approximate surface area is 143 Å². The van der Waals surface area contributed by atoms with Crippen LogP contribution in [0.3, 0.4) is 0 Å². The molecule has 1 aromatic rings. The van der Waals surface area contributed by atoms with Crippen molar-refractivity contribution in [2.45, 2.75) is 32.7 Å². The van der Waals surface area contributed by atoms with E-state index in [1.54, 1.807) is 6.92 Å². The minimum Gasteiger partial charge on any atom is -0.371 e. The molecule has 2 heterocycles. The molecule has 0 aromatic heterocycles. The van der Waals surface area contributed by atoms with E-state index in [9.17, 15) is 9.59 Å². The summed E-state index contributed by atoms with van der Waals surface area (Å²) in [4.78, 5) is 28.5. The van der Waals surface area contributed by atoms with Crippen molar-refractivity contribution in [2.24, 2.45) is 11.3 Å². The summed E-state index contributed by atoms with van der Waals surface area (Å²) in [6.07, 6.45) is 3.41. The standard InChI is InChI=1S/C19H25N3O2/c1-14(23)22-12-16-10-19(16,13-22)18(24)20-11-15-6-2-3-7-17(15)21-8-4-5-9-21/h2-3,6-7,16H,4-5,8-13H2,1H3,(H,20,24). The lowest BCUT2D eigenvalue weighted by Gasteiger charge is -2.22. The number of hydrogen-bond donors (Lipinski definition) is 1. The number of hydrogen-bond acceptors (Lipinski definition) is 3. The van der Waals surface area contributed by atoms with Crippen LogP contribution in [0.4, 0.5) is 5.69 Å². The van der Waals surface area contributed by atoms with E-state index in [0.29, 0.717) is 19.0 Å². The Kier molecular flexibility index (Phi) is 3.74. The van der Waals surface area contributed by atoms with Crippen molar-refractivity contribution >= 4 is 17.5 Å². The highest BCUT2D eigenvalue weighted by atomic mass is 16.2. The fourth-order valence-electron chi connectivity index (χ4n) is 4.35. The van der Waals surface area contributed by atoms with Gasteiger partial charge in [0.2, 0.25) is 11.8 Å². The summed E-state index contributed by atoms with van der Waals surface area (Å²) in [5, 5.41) is 3.14. The number of para-hydroxylation sites is 1. The molecule has 2 saturated heterocycles. The molecule has 24 heavy (non-hydrogen) atoms. The molecule has 0 radical (unpaired) electrons. The average Bonchev–Trinajstić information content (AvgIpc) is 2.97. The second-order valence-corrected chi connectivity index (χ2v) is 7.46. The summed E-state index contributed by atoms with van der Waals surface area (Å²) >= 11 is 0. The minimum absolute atomic E-state index is 0.0776. The van der Waals surface area contributed by atoms with Crippen molar-refractivity contribution in [1.82, 2.24) is 10.2 Å². The lowest BCUT2D eigenvalue weighted by molar-refractivity contribution is -0.130. The quantitative estimate of drug-likeness (QED) is 0.917. The van der Waals surface area contributed by atoms with Gasteiger partial charge in [-0.05, 0) is 36.8 Å². The fourth-order valence-corrected chi connectivity index (χ4v) is 4.35. The molecule has 1 aromatic carbocycles. The molecular weight excluding hydrogens is 302 g/mol. The average molecular weight is 327 g/mol. The molecule has 3 fully saturated rings. The van der Waals surface area contributed by atoms with E-state index in [4.69, 9.17) is 0 Å². The van der Waals surface area contributed by atoms with E-state index in [0.717, 1.165) is 26.1 Å². The SMILES string of the molecule is CC(=O)N1CC2CC2(C(=O)NCc2ccccc2N2CCCC2)C1. The first-order valence-corrected chi connectivity index (χ1v) is 8.97. The van der Waals surface area contributed by atoms with Crippen LogP contribution in [-0.2, 0) is 16.1 Å². The van der Waals surface area contributed by atoms with Gasteiger partial charge in [0.25, 0.3) is 0 Å². The molecule has 2 atom stereocenters. The van der Waals surface area contributed by atoms with Crippen molar-refractivity contribution in [3.05, 3.63) is 29.8 Å². The zero-order valence-corrected chi connectivity index (χ0v) is 14.3. The van der Waals surface area contributed by atoms with E-state index in [1.165, 1.54) is 24.1 Å². The van der Waals surface area contributed by atoms with E-state index in [2.05, 4.69) is 28.4 Å². The summed E-state index contributed by atoms with van der Waals surface area (Å²) in [5.41, 5.74) is 2.12. The van der Waals surface area contributed by atoms with Gasteiger partial charge in [-0.15, -0.1) is 0 Å². The van der Waals surface area contributed by atoms with Crippen LogP contribution >= 0.6 is 0 Å². The monoisotopic (exact) mass is 327 g/mol. The molecule has 2 unspecified atom stereocenters. The predicted octanol–water partition coefficient (Wildman–Crippen LogP) is 1.77. The first-order chi connectivity index (χ1) is 11.6. The Morgan fingerprint density at radius 2 is 2.00 bits per heavy atom. The molecule has 3 aliphatic rings. The van der Waals surface area contributed by atoms with Crippen LogP contribution in [0.1, 0.15) is 31.7 Å². The number of likely N-dealkylation sites (tertiary alicyclic amines) is 1. The second kappa shape index (κ2) is 5.80. The van der Waals surface area contributed by atoms with Crippen LogP contribution in [0, 0.1) is 11.3 Å². The smallest absolute Gasteiger partial charge is 0.228 e. The third-order valence-electron chi connectivity index (χ3n) is 5.92. The molecule has 4 rings (SSSR count). The molecule has 1 saturated carbocycles. The van der Waals surface area contributed by atoms with Crippen LogP contribution in [0.15, 0.2) is 24.3 Å². The number of nitrogens with zero attached hydrogens (tertiary/aromatic N) is 2. The van der Waals surface area contributed by atoms with Gasteiger partial charge < -0.3 is 15.1 Å². The lowest BCUT2D eigenvalue weighted by Crippen LogP contribution is -2.38. The van der Waals surface area contributed by atoms with Crippen LogP contribution in [0.5, 0.6) is 0 Å². The molecule has 5 nitrogen and oxygen atoms in total. The number of piperidine rings is 1. The van der Waals surface area contributed by atoms with E-state index in [-0.39, 0.29) is 17.2 Å². The van der Waals surface area contributed by atoms with Gasteiger partial charge in [-0.3, -0.25) is 9.59 Å². The highest BCUT2D eigenvalue weighted by Crippen LogP contribution is 2.57. The number of amides is 2. The molecule has 2 amide bonds. The van der Waals surface area contributed by atoms with Crippen LogP contribution in [-0.4, -0.2) is 42.9 Å². The Morgan fingerprint density at radius 3 is 2.71 bits per heavy atom. The molecule has 128 valence electrons. The summed E-state index contributed by atoms with van der Waals surface area (Å²) in [5.74, 6) is 0.552. The lowest BCUT2D eigenvalue weighted by atomic mass is 10.0. The maximum absolute atomic E-state index is 12.7. The van der Waals surface area contributed by atoms with E-state index in [1.807, 2.05) is 11.0 Å². The van der Waals surface area contributed by atoms with Gasteiger partial charge in [0.05, 0.1) is 5.41 Å². The number of anilines is 1. The highest BCUT2D eigenvalue weighted by molar-refractivity contribution is 5.88. The normalized spacial score (nSPS) is 28.0. The van der Waals surface area contributed by atoms with Gasteiger partial charge in [0, 0.05) is 45.3 Å². The van der Waals surface area contributed by atoms with Gasteiger partial charge in [-0.2, -0.15) is 0 Å². The third-order valence-corrected chi connectivity index (χ3v) is 5.92. The van der Waals surface area contributed by atoms with Crippen molar-refractivity contribution in [3.63, 3.8) is 0 Å². The third kappa shape index (κ3) is 2.56. The molecule has 2 aliphatic heterocycles. The number of nitrogens with one attached hydrogen (secondary N) is 1. The molecule has 1 aliphatic carbocycles. The fraction of sp³-hybridized carbons (Fsp3) is 0.579. The number of carbonyl (C=O) groups excluding carboxylic acids is 2. The predicted molar refractivity (Wildman–Crippen MR) is 92.5 cm³/mol. The topological polar surface area (TPSA) is 52.7 Å². The summed E-state index contributed by atoms with van der Waals surface area (Å²) < 4.78 is 0. The van der Waals surface area contributed by atoms with Crippen molar-refractivity contribution in [1.29, 1.82) is 0 Å². The Balaban J connectivity index is 1.41. The van der Waals surface area contributed by atoms with Gasteiger partial charge in [0.15, 0.2) is 0 Å². The number of fused-ring (bicyclic) bond motifs is 1. The minimum atomic E-state index is -0.311. The Hall–Kier alpha value is -2.04. The first-order valence-electron chi connectivity index (χ1n) is 8.97. The van der Waals surface area contributed by atoms with Crippen molar-refractivity contribution in [3.8, 4) is 0 Å². The highest BCUT2D eigenvalue weighted by Gasteiger charge is 2.65. The largest absolute Gasteiger partial charge is 0.371 e. The number of rotatable bonds is 4. The van der Waals surface area contributed by atoms with Crippen molar-refractivity contribution in [2.75, 3.05) is 31.1 Å². The molecule has 0 spiro atoms. The summed E-state index contributed by atoms with van der Waals surface area (Å²) in [6, 6.07) is 8.35. The van der Waals surface area contributed by atoms with Gasteiger partial charge >= 0.3 is 0 Å². The van der Waals surface area contributed by atoms with Crippen molar-refractivity contribution < 1.29 is 9.59 Å². The van der Waals surface area contributed by atoms with Gasteiger partial charge in [-0.25, -0.2) is 0 Å². The summed E-state index contributed by atoms with van der Waals surface area (Å²) in [6.45, 7) is 5.69. The maximum Gasteiger partial charge on any atom is 0.228 e. The van der Waals surface area contributed by atoms with Crippen LogP contribution in [0.25, 0.3) is 0 Å². The Bertz CT molecular complexity index is 668. The molecule has 1 N–H and O–H groups in total. The zero-order chi connectivity index (χ0) is 16.7. The first kappa shape index (κ1) is 15.5. The number of carbonyl (C=O) groups is 2. The van der Waals surface area contributed by atoms with E-state index >= 15 is 0 Å². The zero-order valence-electron chi connectivity index (χ0n) is 14.3. The second-order valence-electron chi connectivity index (χ2n) is 7.46. The molecule has 5 heteroatoms.